The first kappa shape index (κ1) is 10.1. The Labute approximate surface area is 86.3 Å². The number of hydrogen-bond acceptors (Lipinski definition) is 5. The molecule has 2 rings (SSSR count). The van der Waals surface area contributed by atoms with Crippen LogP contribution in [-0.2, 0) is 4.74 Å². The van der Waals surface area contributed by atoms with Gasteiger partial charge in [0.1, 0.15) is 12.0 Å². The van der Waals surface area contributed by atoms with Crippen molar-refractivity contribution in [1.29, 1.82) is 0 Å². The molecule has 1 aromatic heterocycles. The van der Waals surface area contributed by atoms with Crippen molar-refractivity contribution in [3.63, 3.8) is 0 Å². The fraction of sp³-hybridized carbons (Fsp3) is 0.556. The highest BCUT2D eigenvalue weighted by Crippen LogP contribution is 2.26. The fourth-order valence-corrected chi connectivity index (χ4v) is 1.67. The summed E-state index contributed by atoms with van der Waals surface area (Å²) in [4.78, 5) is 15.1. The lowest BCUT2D eigenvalue weighted by molar-refractivity contribution is -0.0245. The summed E-state index contributed by atoms with van der Waals surface area (Å²) >= 11 is 0. The average molecular weight is 211 g/mol. The lowest BCUT2D eigenvalue weighted by Crippen LogP contribution is -2.27. The number of nitrogens with zero attached hydrogens (tertiary/aromatic N) is 2. The molecular weight excluding hydrogens is 198 g/mol. The molecule has 0 aromatic carbocycles. The van der Waals surface area contributed by atoms with Gasteiger partial charge in [0.25, 0.3) is 0 Å². The van der Waals surface area contributed by atoms with Gasteiger partial charge in [0.15, 0.2) is 0 Å². The molecule has 2 heterocycles. The first-order valence-electron chi connectivity index (χ1n) is 4.81. The summed E-state index contributed by atoms with van der Waals surface area (Å²) in [5.74, 6) is 0.202. The minimum absolute atomic E-state index is 0.0202. The van der Waals surface area contributed by atoms with Crippen molar-refractivity contribution in [3.05, 3.63) is 22.7 Å². The van der Waals surface area contributed by atoms with Crippen molar-refractivity contribution in [3.8, 4) is 0 Å². The maximum atomic E-state index is 11.5. The Balaban J connectivity index is 2.20. The van der Waals surface area contributed by atoms with E-state index in [0.29, 0.717) is 6.42 Å². The molecule has 0 saturated carbocycles. The van der Waals surface area contributed by atoms with Crippen LogP contribution in [-0.4, -0.2) is 27.4 Å². The van der Waals surface area contributed by atoms with Gasteiger partial charge in [0.2, 0.25) is 0 Å². The van der Waals surface area contributed by atoms with E-state index < -0.39 is 5.69 Å². The third-order valence-corrected chi connectivity index (χ3v) is 2.45. The highest BCUT2D eigenvalue weighted by molar-refractivity contribution is 5.23. The highest BCUT2D eigenvalue weighted by atomic mass is 16.5. The van der Waals surface area contributed by atoms with Crippen molar-refractivity contribution in [2.45, 2.75) is 25.2 Å². The van der Waals surface area contributed by atoms with Gasteiger partial charge in [0.05, 0.1) is 12.7 Å². The third-order valence-electron chi connectivity index (χ3n) is 2.45. The molecule has 82 valence electrons. The van der Waals surface area contributed by atoms with Crippen molar-refractivity contribution in [1.82, 2.24) is 9.55 Å². The molecule has 0 spiro atoms. The molecule has 0 bridgehead atoms. The van der Waals surface area contributed by atoms with Crippen LogP contribution in [0.1, 0.15) is 19.1 Å². The van der Waals surface area contributed by atoms with E-state index in [1.807, 2.05) is 0 Å². The van der Waals surface area contributed by atoms with Crippen LogP contribution in [0.15, 0.2) is 17.1 Å². The molecule has 0 aliphatic carbocycles. The minimum Gasteiger partial charge on any atom is -0.394 e. The topological polar surface area (TPSA) is 90.4 Å². The monoisotopic (exact) mass is 211 g/mol. The van der Waals surface area contributed by atoms with Crippen LogP contribution < -0.4 is 11.4 Å². The smallest absolute Gasteiger partial charge is 0.351 e. The summed E-state index contributed by atoms with van der Waals surface area (Å²) in [6.07, 6.45) is 2.51. The molecule has 15 heavy (non-hydrogen) atoms. The number of nitrogen functional groups attached to an aromatic ring is 1. The van der Waals surface area contributed by atoms with E-state index in [4.69, 9.17) is 15.6 Å². The number of anilines is 1. The van der Waals surface area contributed by atoms with E-state index in [-0.39, 0.29) is 24.8 Å². The second-order valence-corrected chi connectivity index (χ2v) is 3.51. The van der Waals surface area contributed by atoms with Crippen LogP contribution in [0.5, 0.6) is 0 Å². The van der Waals surface area contributed by atoms with Crippen LogP contribution in [0.2, 0.25) is 0 Å². The number of aliphatic hydroxyl groups excluding tert-OH is 1. The quantitative estimate of drug-likeness (QED) is 0.688. The van der Waals surface area contributed by atoms with Gasteiger partial charge in [-0.1, -0.05) is 0 Å². The maximum Gasteiger partial charge on any atom is 0.351 e. The molecular formula is C9H13N3O3. The van der Waals surface area contributed by atoms with Gasteiger partial charge in [-0.25, -0.2) is 4.79 Å². The fourth-order valence-electron chi connectivity index (χ4n) is 1.67. The van der Waals surface area contributed by atoms with Gasteiger partial charge in [0, 0.05) is 6.20 Å². The molecule has 1 unspecified atom stereocenters. The Bertz CT molecular complexity index is 404. The first-order chi connectivity index (χ1) is 7.20. The molecule has 6 nitrogen and oxygen atoms in total. The van der Waals surface area contributed by atoms with Crippen molar-refractivity contribution >= 4 is 5.82 Å². The summed E-state index contributed by atoms with van der Waals surface area (Å²) in [7, 11) is 0. The van der Waals surface area contributed by atoms with Crippen molar-refractivity contribution in [2.24, 2.45) is 0 Å². The van der Waals surface area contributed by atoms with Crippen LogP contribution in [0.3, 0.4) is 0 Å². The van der Waals surface area contributed by atoms with Crippen LogP contribution in [0.4, 0.5) is 5.82 Å². The predicted molar refractivity (Wildman–Crippen MR) is 53.1 cm³/mol. The summed E-state index contributed by atoms with van der Waals surface area (Å²) in [5.41, 5.74) is 4.96. The van der Waals surface area contributed by atoms with E-state index in [0.717, 1.165) is 6.42 Å². The summed E-state index contributed by atoms with van der Waals surface area (Å²) < 4.78 is 6.84. The van der Waals surface area contributed by atoms with E-state index >= 15 is 0 Å². The molecule has 1 aromatic rings. The molecule has 0 radical (unpaired) electrons. The Morgan fingerprint density at radius 1 is 1.67 bits per heavy atom. The molecule has 1 fully saturated rings. The minimum atomic E-state index is -0.418. The van der Waals surface area contributed by atoms with E-state index in [1.165, 1.54) is 4.57 Å². The zero-order valence-electron chi connectivity index (χ0n) is 8.17. The highest BCUT2D eigenvalue weighted by Gasteiger charge is 2.26. The zero-order chi connectivity index (χ0) is 10.8. The maximum absolute atomic E-state index is 11.5. The standard InChI is InChI=1S/C9H13N3O3/c10-7-3-4-12(9(14)11-7)8-2-1-6(5-13)15-8/h3-4,6,8,13H,1-2,5H2,(H2,10,11,14)/t6?,8-/m0/s1. The Morgan fingerprint density at radius 3 is 3.07 bits per heavy atom. The zero-order valence-corrected chi connectivity index (χ0v) is 8.17. The number of rotatable bonds is 2. The van der Waals surface area contributed by atoms with Crippen molar-refractivity contribution in [2.75, 3.05) is 12.3 Å². The third kappa shape index (κ3) is 2.00. The van der Waals surface area contributed by atoms with Gasteiger partial charge in [-0.2, -0.15) is 4.98 Å². The second kappa shape index (κ2) is 4.00. The van der Waals surface area contributed by atoms with Gasteiger partial charge >= 0.3 is 5.69 Å². The molecule has 1 saturated heterocycles. The number of hydrogen-bond donors (Lipinski definition) is 2. The number of aliphatic hydroxyl groups is 1. The molecule has 1 aliphatic heterocycles. The Morgan fingerprint density at radius 2 is 2.47 bits per heavy atom. The number of aromatic nitrogens is 2. The van der Waals surface area contributed by atoms with Crippen LogP contribution in [0, 0.1) is 0 Å². The molecule has 1 aliphatic rings. The number of nitrogens with two attached hydrogens (primary N) is 1. The average Bonchev–Trinajstić information content (AvgIpc) is 2.66. The van der Waals surface area contributed by atoms with E-state index in [9.17, 15) is 4.79 Å². The summed E-state index contributed by atoms with van der Waals surface area (Å²) in [6.45, 7) is -0.0202. The summed E-state index contributed by atoms with van der Waals surface area (Å²) in [5, 5.41) is 8.90. The normalized spacial score (nSPS) is 25.7. The van der Waals surface area contributed by atoms with Gasteiger partial charge < -0.3 is 15.6 Å². The molecule has 2 atom stereocenters. The van der Waals surface area contributed by atoms with Gasteiger partial charge in [-0.15, -0.1) is 0 Å². The van der Waals surface area contributed by atoms with Crippen molar-refractivity contribution < 1.29 is 9.84 Å². The SMILES string of the molecule is Nc1ccn([C@@H]2CCC(CO)O2)c(=O)n1. The largest absolute Gasteiger partial charge is 0.394 e. The molecule has 3 N–H and O–H groups in total. The Kier molecular flexibility index (Phi) is 2.70. The van der Waals surface area contributed by atoms with Gasteiger partial charge in [-0.05, 0) is 18.9 Å². The summed E-state index contributed by atoms with van der Waals surface area (Å²) in [6, 6.07) is 1.55. The molecule has 0 amide bonds. The van der Waals surface area contributed by atoms with E-state index in [1.54, 1.807) is 12.3 Å². The predicted octanol–water partition coefficient (Wildman–Crippen LogP) is -0.505. The second-order valence-electron chi connectivity index (χ2n) is 3.51. The van der Waals surface area contributed by atoms with E-state index in [2.05, 4.69) is 4.98 Å². The Hall–Kier alpha value is -1.40. The first-order valence-corrected chi connectivity index (χ1v) is 4.81. The lowest BCUT2D eigenvalue weighted by atomic mass is 10.2. The lowest BCUT2D eigenvalue weighted by Gasteiger charge is -2.14. The molecule has 6 heteroatoms. The van der Waals surface area contributed by atoms with Crippen LogP contribution >= 0.6 is 0 Å². The van der Waals surface area contributed by atoms with Crippen LogP contribution in [0.25, 0.3) is 0 Å². The number of ether oxygens (including phenoxy) is 1. The van der Waals surface area contributed by atoms with Gasteiger partial charge in [-0.3, -0.25) is 4.57 Å².